The molecule has 0 radical (unpaired) electrons. The van der Waals surface area contributed by atoms with Crippen molar-refractivity contribution in [3.63, 3.8) is 0 Å². The molecule has 2 N–H and O–H groups in total. The molecule has 2 aliphatic rings. The molecule has 0 aliphatic heterocycles. The van der Waals surface area contributed by atoms with Crippen LogP contribution < -0.4 is 0 Å². The predicted molar refractivity (Wildman–Crippen MR) is 78.9 cm³/mol. The normalized spacial score (nSPS) is 34.7. The van der Waals surface area contributed by atoms with Crippen LogP contribution in [-0.4, -0.2) is 21.9 Å². The SMILES string of the molecule is CCC(O)C(O)(C1CCCCC1)C1CCCC(C)C1. The molecular weight excluding hydrogens is 236 g/mol. The maximum absolute atomic E-state index is 11.4. The molecule has 19 heavy (non-hydrogen) atoms. The van der Waals surface area contributed by atoms with Crippen molar-refractivity contribution < 1.29 is 10.2 Å². The van der Waals surface area contributed by atoms with E-state index in [9.17, 15) is 10.2 Å². The van der Waals surface area contributed by atoms with Crippen LogP contribution in [0.15, 0.2) is 0 Å². The van der Waals surface area contributed by atoms with Gasteiger partial charge in [0.1, 0.15) is 0 Å². The molecule has 4 atom stereocenters. The van der Waals surface area contributed by atoms with Crippen molar-refractivity contribution in [3.8, 4) is 0 Å². The van der Waals surface area contributed by atoms with Gasteiger partial charge in [-0.15, -0.1) is 0 Å². The first kappa shape index (κ1) is 15.3. The number of rotatable bonds is 4. The lowest BCUT2D eigenvalue weighted by atomic mass is 9.62. The first-order chi connectivity index (χ1) is 9.09. The summed E-state index contributed by atoms with van der Waals surface area (Å²) >= 11 is 0. The van der Waals surface area contributed by atoms with E-state index in [2.05, 4.69) is 6.92 Å². The van der Waals surface area contributed by atoms with E-state index in [1.165, 1.54) is 32.1 Å². The van der Waals surface area contributed by atoms with Gasteiger partial charge in [-0.25, -0.2) is 0 Å². The van der Waals surface area contributed by atoms with Crippen LogP contribution in [0.25, 0.3) is 0 Å². The van der Waals surface area contributed by atoms with Crippen molar-refractivity contribution in [2.75, 3.05) is 0 Å². The molecule has 112 valence electrons. The Bertz CT molecular complexity index is 272. The molecule has 2 rings (SSSR count). The van der Waals surface area contributed by atoms with Crippen molar-refractivity contribution in [1.29, 1.82) is 0 Å². The Morgan fingerprint density at radius 3 is 2.21 bits per heavy atom. The number of aliphatic hydroxyl groups excluding tert-OH is 1. The molecule has 2 aliphatic carbocycles. The smallest absolute Gasteiger partial charge is 0.0961 e. The van der Waals surface area contributed by atoms with Gasteiger partial charge < -0.3 is 10.2 Å². The van der Waals surface area contributed by atoms with Gasteiger partial charge in [-0.1, -0.05) is 46.0 Å². The summed E-state index contributed by atoms with van der Waals surface area (Å²) in [5, 5.41) is 21.9. The van der Waals surface area contributed by atoms with E-state index in [4.69, 9.17) is 0 Å². The first-order valence-corrected chi connectivity index (χ1v) is 8.49. The van der Waals surface area contributed by atoms with Gasteiger partial charge in [-0.05, 0) is 49.9 Å². The van der Waals surface area contributed by atoms with Crippen molar-refractivity contribution in [1.82, 2.24) is 0 Å². The minimum Gasteiger partial charge on any atom is -0.390 e. The maximum atomic E-state index is 11.4. The van der Waals surface area contributed by atoms with Crippen LogP contribution >= 0.6 is 0 Å². The van der Waals surface area contributed by atoms with E-state index in [1.54, 1.807) is 0 Å². The highest BCUT2D eigenvalue weighted by atomic mass is 16.3. The Morgan fingerprint density at radius 1 is 1.00 bits per heavy atom. The summed E-state index contributed by atoms with van der Waals surface area (Å²) in [5.74, 6) is 1.35. The largest absolute Gasteiger partial charge is 0.390 e. The Morgan fingerprint density at radius 2 is 1.63 bits per heavy atom. The van der Waals surface area contributed by atoms with Crippen molar-refractivity contribution in [2.45, 2.75) is 89.8 Å². The van der Waals surface area contributed by atoms with Gasteiger partial charge in [0.25, 0.3) is 0 Å². The zero-order valence-corrected chi connectivity index (χ0v) is 12.8. The second-order valence-electron chi connectivity index (χ2n) is 7.11. The number of hydrogen-bond acceptors (Lipinski definition) is 2. The second-order valence-corrected chi connectivity index (χ2v) is 7.11. The third-order valence-electron chi connectivity index (χ3n) is 5.77. The molecule has 0 spiro atoms. The van der Waals surface area contributed by atoms with E-state index in [0.717, 1.165) is 25.7 Å². The van der Waals surface area contributed by atoms with E-state index < -0.39 is 11.7 Å². The fourth-order valence-corrected chi connectivity index (χ4v) is 4.62. The zero-order chi connectivity index (χ0) is 13.9. The van der Waals surface area contributed by atoms with Gasteiger partial charge in [-0.2, -0.15) is 0 Å². The minimum atomic E-state index is -0.816. The number of hydrogen-bond donors (Lipinski definition) is 2. The van der Waals surface area contributed by atoms with Crippen LogP contribution in [0.3, 0.4) is 0 Å². The van der Waals surface area contributed by atoms with Gasteiger partial charge in [0.15, 0.2) is 0 Å². The van der Waals surface area contributed by atoms with Crippen LogP contribution in [-0.2, 0) is 0 Å². The molecule has 2 fully saturated rings. The van der Waals surface area contributed by atoms with Crippen molar-refractivity contribution >= 4 is 0 Å². The molecule has 4 unspecified atom stereocenters. The summed E-state index contributed by atoms with van der Waals surface area (Å²) in [6, 6.07) is 0. The molecule has 2 nitrogen and oxygen atoms in total. The van der Waals surface area contributed by atoms with E-state index in [1.807, 2.05) is 6.92 Å². The highest BCUT2D eigenvalue weighted by Crippen LogP contribution is 2.46. The molecule has 2 saturated carbocycles. The average molecular weight is 268 g/mol. The molecule has 0 aromatic carbocycles. The Kier molecular flexibility index (Phi) is 5.30. The summed E-state index contributed by atoms with van der Waals surface area (Å²) < 4.78 is 0. The summed E-state index contributed by atoms with van der Waals surface area (Å²) in [7, 11) is 0. The third kappa shape index (κ3) is 3.16. The Balaban J connectivity index is 2.17. The molecule has 0 bridgehead atoms. The number of aliphatic hydroxyl groups is 2. The van der Waals surface area contributed by atoms with Crippen LogP contribution in [0, 0.1) is 17.8 Å². The lowest BCUT2D eigenvalue weighted by Gasteiger charge is -2.49. The van der Waals surface area contributed by atoms with Gasteiger partial charge in [0.2, 0.25) is 0 Å². The summed E-state index contributed by atoms with van der Waals surface area (Å²) in [6.45, 7) is 4.30. The van der Waals surface area contributed by atoms with Gasteiger partial charge in [0, 0.05) is 0 Å². The minimum absolute atomic E-state index is 0.314. The predicted octanol–water partition coefficient (Wildman–Crippen LogP) is 3.90. The standard InChI is InChI=1S/C17H32O2/c1-3-16(18)17(19,14-9-5-4-6-10-14)15-11-7-8-13(2)12-15/h13-16,18-19H,3-12H2,1-2H3. The second kappa shape index (κ2) is 6.58. The highest BCUT2D eigenvalue weighted by molar-refractivity contribution is 4.99. The van der Waals surface area contributed by atoms with E-state index in [-0.39, 0.29) is 0 Å². The molecule has 0 heterocycles. The molecule has 0 aromatic heterocycles. The first-order valence-electron chi connectivity index (χ1n) is 8.49. The molecule has 2 heteroatoms. The lowest BCUT2D eigenvalue weighted by Crippen LogP contribution is -2.55. The van der Waals surface area contributed by atoms with Gasteiger partial charge >= 0.3 is 0 Å². The molecule has 0 amide bonds. The van der Waals surface area contributed by atoms with Crippen LogP contribution in [0.5, 0.6) is 0 Å². The van der Waals surface area contributed by atoms with Gasteiger partial charge in [0.05, 0.1) is 11.7 Å². The summed E-state index contributed by atoms with van der Waals surface area (Å²) in [4.78, 5) is 0. The summed E-state index contributed by atoms with van der Waals surface area (Å²) in [6.07, 6.45) is 10.8. The van der Waals surface area contributed by atoms with Crippen LogP contribution in [0.2, 0.25) is 0 Å². The van der Waals surface area contributed by atoms with E-state index in [0.29, 0.717) is 24.2 Å². The fraction of sp³-hybridized carbons (Fsp3) is 1.00. The maximum Gasteiger partial charge on any atom is 0.0961 e. The lowest BCUT2D eigenvalue weighted by molar-refractivity contribution is -0.168. The van der Waals surface area contributed by atoms with Crippen molar-refractivity contribution in [2.24, 2.45) is 17.8 Å². The van der Waals surface area contributed by atoms with Gasteiger partial charge in [-0.3, -0.25) is 0 Å². The van der Waals surface area contributed by atoms with Crippen LogP contribution in [0.1, 0.15) is 78.1 Å². The Labute approximate surface area is 118 Å². The topological polar surface area (TPSA) is 40.5 Å². The zero-order valence-electron chi connectivity index (χ0n) is 12.8. The quantitative estimate of drug-likeness (QED) is 0.812. The van der Waals surface area contributed by atoms with Crippen molar-refractivity contribution in [3.05, 3.63) is 0 Å². The van der Waals surface area contributed by atoms with Crippen LogP contribution in [0.4, 0.5) is 0 Å². The molecule has 0 aromatic rings. The monoisotopic (exact) mass is 268 g/mol. The highest BCUT2D eigenvalue weighted by Gasteiger charge is 2.49. The fourth-order valence-electron chi connectivity index (χ4n) is 4.62. The van der Waals surface area contributed by atoms with E-state index >= 15 is 0 Å². The average Bonchev–Trinajstić information content (AvgIpc) is 2.46. The Hall–Kier alpha value is -0.0800. The summed E-state index contributed by atoms with van der Waals surface area (Å²) in [5.41, 5.74) is -0.816. The molecule has 0 saturated heterocycles. The third-order valence-corrected chi connectivity index (χ3v) is 5.77. The molecular formula is C17H32O2.